The van der Waals surface area contributed by atoms with Crippen molar-refractivity contribution in [1.29, 1.82) is 0 Å². The average Bonchev–Trinajstić information content (AvgIpc) is 3.26. The molecular formula is C24H30N2O. The number of nitrogens with zero attached hydrogens (tertiary/aromatic N) is 1. The van der Waals surface area contributed by atoms with Gasteiger partial charge in [-0.05, 0) is 59.2 Å². The number of aliphatic hydroxyl groups is 1. The van der Waals surface area contributed by atoms with Crippen molar-refractivity contribution in [2.24, 2.45) is 5.92 Å². The molecule has 0 spiro atoms. The number of aromatic nitrogens is 1. The minimum atomic E-state index is 0.156. The lowest BCUT2D eigenvalue weighted by Crippen LogP contribution is -2.21. The van der Waals surface area contributed by atoms with Gasteiger partial charge in [0.15, 0.2) is 0 Å². The Hall–Kier alpha value is -2.10. The Balaban J connectivity index is 1.58. The van der Waals surface area contributed by atoms with E-state index in [9.17, 15) is 5.11 Å². The van der Waals surface area contributed by atoms with Gasteiger partial charge in [0.2, 0.25) is 0 Å². The van der Waals surface area contributed by atoms with E-state index in [1.807, 2.05) is 0 Å². The van der Waals surface area contributed by atoms with Crippen molar-refractivity contribution in [3.8, 4) is 11.1 Å². The number of hydrogen-bond donors (Lipinski definition) is 2. The van der Waals surface area contributed by atoms with Gasteiger partial charge < -0.3 is 10.1 Å². The van der Waals surface area contributed by atoms with Crippen molar-refractivity contribution in [2.45, 2.75) is 39.2 Å². The van der Waals surface area contributed by atoms with Crippen molar-refractivity contribution in [3.05, 3.63) is 59.8 Å². The van der Waals surface area contributed by atoms with E-state index in [0.717, 1.165) is 26.1 Å². The zero-order valence-corrected chi connectivity index (χ0v) is 16.6. The van der Waals surface area contributed by atoms with Gasteiger partial charge in [0.05, 0.1) is 0 Å². The van der Waals surface area contributed by atoms with Crippen LogP contribution in [-0.2, 0) is 12.0 Å². The molecule has 1 fully saturated rings. The topological polar surface area (TPSA) is 39.3 Å². The highest BCUT2D eigenvalue weighted by Crippen LogP contribution is 2.30. The number of H-pyrrole nitrogens is 1. The summed E-state index contributed by atoms with van der Waals surface area (Å²) in [6.45, 7) is 10.1. The first-order chi connectivity index (χ1) is 12.9. The lowest BCUT2D eigenvalue weighted by Gasteiger charge is -2.19. The first kappa shape index (κ1) is 18.3. The first-order valence-corrected chi connectivity index (χ1v) is 9.98. The summed E-state index contributed by atoms with van der Waals surface area (Å²) < 4.78 is 0. The van der Waals surface area contributed by atoms with Gasteiger partial charge in [0.1, 0.15) is 0 Å². The molecule has 0 bridgehead atoms. The molecule has 3 nitrogen and oxygen atoms in total. The third kappa shape index (κ3) is 3.95. The smallest absolute Gasteiger partial charge is 0.0471 e. The maximum absolute atomic E-state index is 9.34. The molecule has 1 saturated heterocycles. The number of likely N-dealkylation sites (tertiary alicyclic amines) is 1. The summed E-state index contributed by atoms with van der Waals surface area (Å²) in [4.78, 5) is 6.00. The van der Waals surface area contributed by atoms with E-state index in [2.05, 4.69) is 79.2 Å². The molecule has 1 aliphatic heterocycles. The standard InChI is InChI=1S/C24H30N2O/c1-24(2,3)21-6-4-5-18(12-21)19-7-8-23-20(11-19)13-22(25-23)15-26-10-9-17(14-26)16-27/h4-8,11-13,17,25,27H,9-10,14-16H2,1-3H3. The van der Waals surface area contributed by atoms with Crippen LogP contribution in [0.4, 0.5) is 0 Å². The van der Waals surface area contributed by atoms with Gasteiger partial charge in [0.25, 0.3) is 0 Å². The molecule has 1 unspecified atom stereocenters. The molecule has 1 atom stereocenters. The van der Waals surface area contributed by atoms with Crippen LogP contribution >= 0.6 is 0 Å². The molecule has 0 radical (unpaired) electrons. The number of hydrogen-bond acceptors (Lipinski definition) is 2. The molecule has 4 rings (SSSR count). The van der Waals surface area contributed by atoms with E-state index in [4.69, 9.17) is 0 Å². The molecule has 27 heavy (non-hydrogen) atoms. The van der Waals surface area contributed by atoms with Crippen LogP contribution in [0, 0.1) is 5.92 Å². The molecule has 2 aromatic carbocycles. The Morgan fingerprint density at radius 1 is 1.07 bits per heavy atom. The van der Waals surface area contributed by atoms with Crippen molar-refractivity contribution in [3.63, 3.8) is 0 Å². The minimum absolute atomic E-state index is 0.156. The van der Waals surface area contributed by atoms with E-state index in [1.165, 1.54) is 33.3 Å². The number of fused-ring (bicyclic) bond motifs is 1. The quantitative estimate of drug-likeness (QED) is 0.689. The van der Waals surface area contributed by atoms with E-state index in [-0.39, 0.29) is 5.41 Å². The number of aliphatic hydroxyl groups excluding tert-OH is 1. The fraction of sp³-hybridized carbons (Fsp3) is 0.417. The molecule has 0 saturated carbocycles. The van der Waals surface area contributed by atoms with Crippen LogP contribution in [0.3, 0.4) is 0 Å². The predicted octanol–water partition coefficient (Wildman–Crippen LogP) is 4.95. The molecule has 3 heteroatoms. The second kappa shape index (κ2) is 7.14. The normalized spacial score (nSPS) is 18.4. The number of aromatic amines is 1. The summed E-state index contributed by atoms with van der Waals surface area (Å²) in [5.74, 6) is 0.441. The van der Waals surface area contributed by atoms with Gasteiger partial charge in [-0.1, -0.05) is 51.1 Å². The molecule has 2 N–H and O–H groups in total. The monoisotopic (exact) mass is 362 g/mol. The van der Waals surface area contributed by atoms with Crippen LogP contribution in [0.25, 0.3) is 22.0 Å². The molecule has 142 valence electrons. The maximum Gasteiger partial charge on any atom is 0.0471 e. The molecule has 1 aromatic heterocycles. The summed E-state index contributed by atoms with van der Waals surface area (Å²) in [6.07, 6.45) is 1.10. The van der Waals surface area contributed by atoms with Gasteiger partial charge in [-0.15, -0.1) is 0 Å². The number of benzene rings is 2. The van der Waals surface area contributed by atoms with Gasteiger partial charge in [-0.3, -0.25) is 4.90 Å². The van der Waals surface area contributed by atoms with Gasteiger partial charge in [-0.25, -0.2) is 0 Å². The average molecular weight is 363 g/mol. The van der Waals surface area contributed by atoms with Crippen LogP contribution in [-0.4, -0.2) is 34.7 Å². The SMILES string of the molecule is CC(C)(C)c1cccc(-c2ccc3[nH]c(CN4CCC(CO)C4)cc3c2)c1. The summed E-state index contributed by atoms with van der Waals surface area (Å²) in [7, 11) is 0. The van der Waals surface area contributed by atoms with Gasteiger partial charge in [-0.2, -0.15) is 0 Å². The Kier molecular flexibility index (Phi) is 4.83. The summed E-state index contributed by atoms with van der Waals surface area (Å²) >= 11 is 0. The highest BCUT2D eigenvalue weighted by atomic mass is 16.3. The van der Waals surface area contributed by atoms with Crippen LogP contribution in [0.5, 0.6) is 0 Å². The van der Waals surface area contributed by atoms with E-state index in [0.29, 0.717) is 12.5 Å². The van der Waals surface area contributed by atoms with Crippen LogP contribution in [0.1, 0.15) is 38.4 Å². The van der Waals surface area contributed by atoms with Crippen molar-refractivity contribution < 1.29 is 5.11 Å². The van der Waals surface area contributed by atoms with Crippen LogP contribution in [0.2, 0.25) is 0 Å². The zero-order valence-electron chi connectivity index (χ0n) is 16.6. The van der Waals surface area contributed by atoms with E-state index < -0.39 is 0 Å². The van der Waals surface area contributed by atoms with Crippen LogP contribution < -0.4 is 0 Å². The largest absolute Gasteiger partial charge is 0.396 e. The number of nitrogens with one attached hydrogen (secondary N) is 1. The van der Waals surface area contributed by atoms with E-state index in [1.54, 1.807) is 0 Å². The second-order valence-corrected chi connectivity index (χ2v) is 9.00. The fourth-order valence-electron chi connectivity index (χ4n) is 4.07. The Morgan fingerprint density at radius 2 is 1.89 bits per heavy atom. The lowest BCUT2D eigenvalue weighted by molar-refractivity contribution is 0.219. The van der Waals surface area contributed by atoms with Crippen LogP contribution in [0.15, 0.2) is 48.5 Å². The maximum atomic E-state index is 9.34. The zero-order chi connectivity index (χ0) is 19.0. The van der Waals surface area contributed by atoms with Crippen molar-refractivity contribution in [1.82, 2.24) is 9.88 Å². The molecule has 2 heterocycles. The highest BCUT2D eigenvalue weighted by molar-refractivity contribution is 5.86. The van der Waals surface area contributed by atoms with Crippen molar-refractivity contribution >= 4 is 10.9 Å². The molecule has 1 aliphatic rings. The first-order valence-electron chi connectivity index (χ1n) is 9.98. The lowest BCUT2D eigenvalue weighted by atomic mass is 9.85. The third-order valence-corrected chi connectivity index (χ3v) is 5.76. The van der Waals surface area contributed by atoms with Gasteiger partial charge in [0, 0.05) is 36.3 Å². The molecule has 0 amide bonds. The Morgan fingerprint density at radius 3 is 2.63 bits per heavy atom. The predicted molar refractivity (Wildman–Crippen MR) is 113 cm³/mol. The second-order valence-electron chi connectivity index (χ2n) is 9.00. The van der Waals surface area contributed by atoms with Crippen molar-refractivity contribution in [2.75, 3.05) is 19.7 Å². The van der Waals surface area contributed by atoms with Gasteiger partial charge >= 0.3 is 0 Å². The van der Waals surface area contributed by atoms with E-state index >= 15 is 0 Å². The minimum Gasteiger partial charge on any atom is -0.396 e. The molecular weight excluding hydrogens is 332 g/mol. The molecule has 0 aliphatic carbocycles. The summed E-state index contributed by atoms with van der Waals surface area (Å²) in [6, 6.07) is 17.9. The summed E-state index contributed by atoms with van der Waals surface area (Å²) in [5.41, 5.74) is 6.51. The highest BCUT2D eigenvalue weighted by Gasteiger charge is 2.22. The third-order valence-electron chi connectivity index (χ3n) is 5.76. The Labute approximate surface area is 162 Å². The number of rotatable bonds is 4. The fourth-order valence-corrected chi connectivity index (χ4v) is 4.07. The summed E-state index contributed by atoms with van der Waals surface area (Å²) in [5, 5.41) is 10.6. The Bertz CT molecular complexity index is 935. The molecule has 3 aromatic rings.